The number of fused-ring (bicyclic) bond motifs is 1. The van der Waals surface area contributed by atoms with Crippen LogP contribution in [0.25, 0.3) is 0 Å². The number of nitrogens with one attached hydrogen (secondary N) is 1. The van der Waals surface area contributed by atoms with Gasteiger partial charge >= 0.3 is 0 Å². The molecule has 2 unspecified atom stereocenters. The first-order valence-corrected chi connectivity index (χ1v) is 6.55. The Balaban J connectivity index is 1.61. The van der Waals surface area contributed by atoms with Crippen LogP contribution in [-0.2, 0) is 11.3 Å². The third kappa shape index (κ3) is 2.44. The van der Waals surface area contributed by atoms with E-state index < -0.39 is 0 Å². The van der Waals surface area contributed by atoms with Gasteiger partial charge in [0.1, 0.15) is 0 Å². The van der Waals surface area contributed by atoms with Crippen LogP contribution >= 0.6 is 0 Å². The van der Waals surface area contributed by atoms with Crippen LogP contribution in [0, 0.1) is 0 Å². The Hall–Kier alpha value is -1.26. The van der Waals surface area contributed by atoms with Gasteiger partial charge in [0.25, 0.3) is 0 Å². The van der Waals surface area contributed by atoms with Crippen LogP contribution in [0.1, 0.15) is 25.3 Å². The van der Waals surface area contributed by atoms with Crippen molar-refractivity contribution in [3.63, 3.8) is 0 Å². The van der Waals surface area contributed by atoms with Crippen molar-refractivity contribution in [3.05, 3.63) is 23.8 Å². The van der Waals surface area contributed by atoms with Crippen molar-refractivity contribution in [3.8, 4) is 11.5 Å². The van der Waals surface area contributed by atoms with E-state index >= 15 is 0 Å². The summed E-state index contributed by atoms with van der Waals surface area (Å²) in [6.07, 6.45) is 2.51. The van der Waals surface area contributed by atoms with Gasteiger partial charge in [-0.15, -0.1) is 0 Å². The second-order valence-electron chi connectivity index (χ2n) is 4.93. The fourth-order valence-electron chi connectivity index (χ4n) is 2.57. The average Bonchev–Trinajstić information content (AvgIpc) is 2.85. The fourth-order valence-corrected chi connectivity index (χ4v) is 2.57. The zero-order chi connectivity index (χ0) is 12.4. The highest BCUT2D eigenvalue weighted by Gasteiger charge is 2.21. The van der Waals surface area contributed by atoms with E-state index in [4.69, 9.17) is 14.2 Å². The molecule has 18 heavy (non-hydrogen) atoms. The molecule has 0 aromatic heterocycles. The predicted octanol–water partition coefficient (Wildman–Crippen LogP) is 2.07. The molecule has 3 rings (SSSR count). The van der Waals surface area contributed by atoms with Gasteiger partial charge in [0.15, 0.2) is 11.5 Å². The van der Waals surface area contributed by atoms with Crippen LogP contribution in [0.4, 0.5) is 0 Å². The summed E-state index contributed by atoms with van der Waals surface area (Å²) in [4.78, 5) is 0. The van der Waals surface area contributed by atoms with Gasteiger partial charge in [-0.3, -0.25) is 0 Å². The second kappa shape index (κ2) is 5.16. The fraction of sp³-hybridized carbons (Fsp3) is 0.571. The molecule has 0 bridgehead atoms. The Labute approximate surface area is 107 Å². The highest BCUT2D eigenvalue weighted by molar-refractivity contribution is 5.48. The summed E-state index contributed by atoms with van der Waals surface area (Å²) in [6.45, 7) is 4.14. The largest absolute Gasteiger partial charge is 0.454 e. The number of hydrogen-bond donors (Lipinski definition) is 1. The minimum absolute atomic E-state index is 0.334. The molecule has 1 N–H and O–H groups in total. The molecule has 0 aliphatic carbocycles. The molecule has 0 radical (unpaired) electrons. The number of ether oxygens (including phenoxy) is 3. The van der Waals surface area contributed by atoms with Crippen molar-refractivity contribution in [2.45, 2.75) is 38.5 Å². The van der Waals surface area contributed by atoms with Gasteiger partial charge in [0.05, 0.1) is 6.10 Å². The van der Waals surface area contributed by atoms with Crippen molar-refractivity contribution in [2.75, 3.05) is 13.4 Å². The van der Waals surface area contributed by atoms with Crippen molar-refractivity contribution >= 4 is 0 Å². The normalized spacial score (nSPS) is 26.3. The average molecular weight is 249 g/mol. The van der Waals surface area contributed by atoms with Gasteiger partial charge in [-0.05, 0) is 25.8 Å². The quantitative estimate of drug-likeness (QED) is 0.890. The summed E-state index contributed by atoms with van der Waals surface area (Å²) < 4.78 is 16.4. The Morgan fingerprint density at radius 2 is 2.28 bits per heavy atom. The van der Waals surface area contributed by atoms with Crippen LogP contribution in [0.5, 0.6) is 11.5 Å². The molecule has 0 saturated carbocycles. The zero-order valence-corrected chi connectivity index (χ0v) is 10.6. The third-order valence-corrected chi connectivity index (χ3v) is 3.54. The van der Waals surface area contributed by atoms with E-state index in [2.05, 4.69) is 18.3 Å². The third-order valence-electron chi connectivity index (χ3n) is 3.54. The van der Waals surface area contributed by atoms with E-state index in [1.165, 1.54) is 5.56 Å². The molecule has 98 valence electrons. The van der Waals surface area contributed by atoms with Crippen LogP contribution in [-0.4, -0.2) is 25.5 Å². The monoisotopic (exact) mass is 249 g/mol. The lowest BCUT2D eigenvalue weighted by molar-refractivity contribution is 0.0130. The number of benzene rings is 1. The molecule has 0 amide bonds. The molecular weight excluding hydrogens is 230 g/mol. The standard InChI is InChI=1S/C14H19NO3/c1-10-7-12(5-6-16-10)15-8-11-3-2-4-13-14(11)18-9-17-13/h2-4,10,12,15H,5-9H2,1H3. The van der Waals surface area contributed by atoms with Crippen molar-refractivity contribution in [1.82, 2.24) is 5.32 Å². The summed E-state index contributed by atoms with van der Waals surface area (Å²) in [5.74, 6) is 1.75. The highest BCUT2D eigenvalue weighted by atomic mass is 16.7. The molecule has 0 spiro atoms. The maximum absolute atomic E-state index is 5.55. The van der Waals surface area contributed by atoms with E-state index in [0.29, 0.717) is 18.9 Å². The Morgan fingerprint density at radius 1 is 1.33 bits per heavy atom. The van der Waals surface area contributed by atoms with E-state index in [9.17, 15) is 0 Å². The molecule has 2 aliphatic heterocycles. The van der Waals surface area contributed by atoms with Gasteiger partial charge in [-0.1, -0.05) is 12.1 Å². The van der Waals surface area contributed by atoms with Crippen LogP contribution in [0.2, 0.25) is 0 Å². The minimum atomic E-state index is 0.334. The predicted molar refractivity (Wildman–Crippen MR) is 67.8 cm³/mol. The molecule has 1 fully saturated rings. The lowest BCUT2D eigenvalue weighted by atomic mass is 10.0. The first-order valence-electron chi connectivity index (χ1n) is 6.55. The van der Waals surface area contributed by atoms with E-state index in [1.807, 2.05) is 12.1 Å². The molecule has 1 saturated heterocycles. The molecular formula is C14H19NO3. The maximum Gasteiger partial charge on any atom is 0.231 e. The SMILES string of the molecule is CC1CC(NCc2cccc3c2OCO3)CCO1. The van der Waals surface area contributed by atoms with Gasteiger partial charge in [-0.25, -0.2) is 0 Å². The molecule has 2 atom stereocenters. The molecule has 1 aromatic carbocycles. The summed E-state index contributed by atoms with van der Waals surface area (Å²) in [5.41, 5.74) is 1.17. The van der Waals surface area contributed by atoms with Crippen LogP contribution in [0.15, 0.2) is 18.2 Å². The van der Waals surface area contributed by atoms with Crippen LogP contribution in [0.3, 0.4) is 0 Å². The van der Waals surface area contributed by atoms with Crippen molar-refractivity contribution in [1.29, 1.82) is 0 Å². The smallest absolute Gasteiger partial charge is 0.231 e. The zero-order valence-electron chi connectivity index (χ0n) is 10.6. The Bertz CT molecular complexity index is 422. The van der Waals surface area contributed by atoms with Gasteiger partial charge in [-0.2, -0.15) is 0 Å². The summed E-state index contributed by atoms with van der Waals surface area (Å²) in [5, 5.41) is 3.58. The molecule has 4 nitrogen and oxygen atoms in total. The topological polar surface area (TPSA) is 39.7 Å². The van der Waals surface area contributed by atoms with Gasteiger partial charge in [0.2, 0.25) is 6.79 Å². The number of hydrogen-bond acceptors (Lipinski definition) is 4. The number of para-hydroxylation sites is 1. The van der Waals surface area contributed by atoms with E-state index in [1.54, 1.807) is 0 Å². The number of rotatable bonds is 3. The first kappa shape index (κ1) is 11.8. The van der Waals surface area contributed by atoms with E-state index in [-0.39, 0.29) is 0 Å². The lowest BCUT2D eigenvalue weighted by Crippen LogP contribution is -2.37. The molecule has 2 heterocycles. The summed E-state index contributed by atoms with van der Waals surface area (Å²) >= 11 is 0. The second-order valence-corrected chi connectivity index (χ2v) is 4.93. The van der Waals surface area contributed by atoms with E-state index in [0.717, 1.165) is 37.5 Å². The molecule has 4 heteroatoms. The summed E-state index contributed by atoms with van der Waals surface area (Å²) in [7, 11) is 0. The Kier molecular flexibility index (Phi) is 3.39. The van der Waals surface area contributed by atoms with Gasteiger partial charge in [0, 0.05) is 24.8 Å². The lowest BCUT2D eigenvalue weighted by Gasteiger charge is -2.28. The van der Waals surface area contributed by atoms with Crippen molar-refractivity contribution < 1.29 is 14.2 Å². The minimum Gasteiger partial charge on any atom is -0.454 e. The van der Waals surface area contributed by atoms with Crippen molar-refractivity contribution in [2.24, 2.45) is 0 Å². The maximum atomic E-state index is 5.55. The van der Waals surface area contributed by atoms with Gasteiger partial charge < -0.3 is 19.5 Å². The summed E-state index contributed by atoms with van der Waals surface area (Å²) in [6, 6.07) is 6.58. The first-order chi connectivity index (χ1) is 8.83. The highest BCUT2D eigenvalue weighted by Crippen LogP contribution is 2.35. The molecule has 2 aliphatic rings. The molecule has 1 aromatic rings. The Morgan fingerprint density at radius 3 is 3.17 bits per heavy atom. The van der Waals surface area contributed by atoms with Crippen LogP contribution < -0.4 is 14.8 Å².